The minimum Gasteiger partial charge on any atom is -0.379 e. The number of hydrogen-bond donors (Lipinski definition) is 1. The van der Waals surface area contributed by atoms with Gasteiger partial charge in [-0.25, -0.2) is 0 Å². The van der Waals surface area contributed by atoms with E-state index in [0.717, 1.165) is 25.9 Å². The zero-order valence-electron chi connectivity index (χ0n) is 12.2. The molecule has 0 fully saturated rings. The first kappa shape index (κ1) is 17.4. The highest BCUT2D eigenvalue weighted by atomic mass is 16.5. The van der Waals surface area contributed by atoms with E-state index in [2.05, 4.69) is 26.1 Å². The lowest BCUT2D eigenvalue weighted by molar-refractivity contribution is -0.121. The second-order valence-electron chi connectivity index (χ2n) is 4.65. The lowest BCUT2D eigenvalue weighted by Crippen LogP contribution is -2.27. The van der Waals surface area contributed by atoms with Crippen molar-refractivity contribution in [3.63, 3.8) is 0 Å². The largest absolute Gasteiger partial charge is 0.379 e. The van der Waals surface area contributed by atoms with E-state index in [-0.39, 0.29) is 5.91 Å². The molecule has 0 aliphatic heterocycles. The summed E-state index contributed by atoms with van der Waals surface area (Å²) in [5, 5.41) is 2.83. The van der Waals surface area contributed by atoms with Gasteiger partial charge in [0.1, 0.15) is 0 Å². The minimum absolute atomic E-state index is 0.119. The molecule has 18 heavy (non-hydrogen) atoms. The fraction of sp³-hybridized carbons (Fsp3) is 0.929. The van der Waals surface area contributed by atoms with Crippen LogP contribution >= 0.6 is 0 Å². The van der Waals surface area contributed by atoms with Gasteiger partial charge in [0.25, 0.3) is 0 Å². The Bertz CT molecular complexity index is 197. The normalized spacial score (nSPS) is 12.4. The van der Waals surface area contributed by atoms with Crippen molar-refractivity contribution in [3.8, 4) is 0 Å². The van der Waals surface area contributed by atoms with Crippen LogP contribution in [0.1, 0.15) is 46.5 Å². The van der Waals surface area contributed by atoms with E-state index in [1.54, 1.807) is 0 Å². The maximum Gasteiger partial charge on any atom is 0.220 e. The molecular formula is C14H29NO3. The zero-order chi connectivity index (χ0) is 13.6. The van der Waals surface area contributed by atoms with Crippen LogP contribution in [-0.4, -0.2) is 38.9 Å². The summed E-state index contributed by atoms with van der Waals surface area (Å²) in [5.41, 5.74) is 0. The molecule has 0 saturated heterocycles. The summed E-state index contributed by atoms with van der Waals surface area (Å²) in [7, 11) is 0. The Balaban J connectivity index is 3.14. The molecule has 0 aliphatic carbocycles. The maximum absolute atomic E-state index is 11.3. The minimum atomic E-state index is 0.119. The maximum atomic E-state index is 11.3. The molecule has 1 N–H and O–H groups in total. The highest BCUT2D eigenvalue weighted by Crippen LogP contribution is 1.99. The van der Waals surface area contributed by atoms with Crippen molar-refractivity contribution in [2.45, 2.75) is 46.5 Å². The molecule has 4 heteroatoms. The average molecular weight is 259 g/mol. The van der Waals surface area contributed by atoms with E-state index in [1.165, 1.54) is 0 Å². The van der Waals surface area contributed by atoms with Crippen molar-refractivity contribution in [2.24, 2.45) is 5.92 Å². The first-order chi connectivity index (χ1) is 8.70. The number of amides is 1. The van der Waals surface area contributed by atoms with E-state index < -0.39 is 0 Å². The molecule has 0 spiro atoms. The third kappa shape index (κ3) is 11.9. The highest BCUT2D eigenvalue weighted by molar-refractivity contribution is 5.75. The fourth-order valence-electron chi connectivity index (χ4n) is 1.31. The monoisotopic (exact) mass is 259 g/mol. The summed E-state index contributed by atoms with van der Waals surface area (Å²) in [6.45, 7) is 9.59. The predicted molar refractivity (Wildman–Crippen MR) is 73.6 cm³/mol. The van der Waals surface area contributed by atoms with E-state index >= 15 is 0 Å². The Hall–Kier alpha value is -0.610. The molecular weight excluding hydrogens is 230 g/mol. The lowest BCUT2D eigenvalue weighted by atomic mass is 10.1. The molecule has 0 radical (unpaired) electrons. The molecule has 1 unspecified atom stereocenters. The van der Waals surface area contributed by atoms with Crippen molar-refractivity contribution in [2.75, 3.05) is 33.0 Å². The van der Waals surface area contributed by atoms with Gasteiger partial charge in [0.05, 0.1) is 19.8 Å². The van der Waals surface area contributed by atoms with Crippen molar-refractivity contribution in [1.29, 1.82) is 0 Å². The van der Waals surface area contributed by atoms with E-state index in [0.29, 0.717) is 38.7 Å². The van der Waals surface area contributed by atoms with Gasteiger partial charge < -0.3 is 14.8 Å². The second kappa shape index (κ2) is 12.8. The Morgan fingerprint density at radius 1 is 1.17 bits per heavy atom. The topological polar surface area (TPSA) is 47.6 Å². The summed E-state index contributed by atoms with van der Waals surface area (Å²) in [5.74, 6) is 0.733. The standard InChI is InChI=1S/C14H29NO3/c1-4-6-7-14(16)15-8-9-17-10-11-18-12-13(3)5-2/h13H,4-12H2,1-3H3,(H,15,16). The van der Waals surface area contributed by atoms with Crippen LogP contribution in [0.25, 0.3) is 0 Å². The van der Waals surface area contributed by atoms with Crippen molar-refractivity contribution >= 4 is 5.91 Å². The number of unbranched alkanes of at least 4 members (excludes halogenated alkanes) is 1. The van der Waals surface area contributed by atoms with Gasteiger partial charge in [0.15, 0.2) is 0 Å². The number of rotatable bonds is 12. The molecule has 0 heterocycles. The van der Waals surface area contributed by atoms with Crippen molar-refractivity contribution in [3.05, 3.63) is 0 Å². The van der Waals surface area contributed by atoms with E-state index in [1.807, 2.05) is 0 Å². The van der Waals surface area contributed by atoms with Crippen LogP contribution in [-0.2, 0) is 14.3 Å². The quantitative estimate of drug-likeness (QED) is 0.547. The van der Waals surface area contributed by atoms with Crippen LogP contribution in [0.3, 0.4) is 0 Å². The van der Waals surface area contributed by atoms with Crippen LogP contribution in [0, 0.1) is 5.92 Å². The summed E-state index contributed by atoms with van der Waals surface area (Å²) in [6.07, 6.45) is 3.77. The molecule has 0 aromatic heterocycles. The van der Waals surface area contributed by atoms with Gasteiger partial charge >= 0.3 is 0 Å². The SMILES string of the molecule is CCCCC(=O)NCCOCCOCC(C)CC. The van der Waals surface area contributed by atoms with Gasteiger partial charge in [-0.15, -0.1) is 0 Å². The third-order valence-electron chi connectivity index (χ3n) is 2.80. The molecule has 0 aliphatic rings. The lowest BCUT2D eigenvalue weighted by Gasteiger charge is -2.10. The molecule has 0 aromatic rings. The van der Waals surface area contributed by atoms with Crippen LogP contribution in [0.5, 0.6) is 0 Å². The third-order valence-corrected chi connectivity index (χ3v) is 2.80. The summed E-state index contributed by atoms with van der Waals surface area (Å²) < 4.78 is 10.8. The molecule has 0 rings (SSSR count). The van der Waals surface area contributed by atoms with Crippen LogP contribution < -0.4 is 5.32 Å². The first-order valence-corrected chi connectivity index (χ1v) is 7.12. The smallest absolute Gasteiger partial charge is 0.220 e. The van der Waals surface area contributed by atoms with Crippen LogP contribution in [0.15, 0.2) is 0 Å². The molecule has 0 saturated carbocycles. The Morgan fingerprint density at radius 2 is 1.89 bits per heavy atom. The van der Waals surface area contributed by atoms with Crippen LogP contribution in [0.2, 0.25) is 0 Å². The van der Waals surface area contributed by atoms with Gasteiger partial charge in [-0.2, -0.15) is 0 Å². The van der Waals surface area contributed by atoms with Gasteiger partial charge in [-0.1, -0.05) is 33.6 Å². The summed E-state index contributed by atoms with van der Waals surface area (Å²) in [4.78, 5) is 11.3. The molecule has 0 bridgehead atoms. The van der Waals surface area contributed by atoms with Gasteiger partial charge in [-0.3, -0.25) is 4.79 Å². The Labute approximate surface area is 111 Å². The van der Waals surface area contributed by atoms with Crippen molar-refractivity contribution < 1.29 is 14.3 Å². The molecule has 1 atom stereocenters. The number of carbonyl (C=O) groups excluding carboxylic acids is 1. The fourth-order valence-corrected chi connectivity index (χ4v) is 1.31. The Kier molecular flexibility index (Phi) is 12.4. The molecule has 0 aromatic carbocycles. The number of carbonyl (C=O) groups is 1. The molecule has 4 nitrogen and oxygen atoms in total. The number of ether oxygens (including phenoxy) is 2. The van der Waals surface area contributed by atoms with Crippen molar-refractivity contribution in [1.82, 2.24) is 5.32 Å². The summed E-state index contributed by atoms with van der Waals surface area (Å²) >= 11 is 0. The molecule has 108 valence electrons. The van der Waals surface area contributed by atoms with E-state index in [9.17, 15) is 4.79 Å². The second-order valence-corrected chi connectivity index (χ2v) is 4.65. The number of nitrogens with one attached hydrogen (secondary N) is 1. The highest BCUT2D eigenvalue weighted by Gasteiger charge is 1.99. The average Bonchev–Trinajstić information content (AvgIpc) is 2.38. The Morgan fingerprint density at radius 3 is 2.56 bits per heavy atom. The summed E-state index contributed by atoms with van der Waals surface area (Å²) in [6, 6.07) is 0. The van der Waals surface area contributed by atoms with Gasteiger partial charge in [0, 0.05) is 19.6 Å². The van der Waals surface area contributed by atoms with Crippen LogP contribution in [0.4, 0.5) is 0 Å². The predicted octanol–water partition coefficient (Wildman–Crippen LogP) is 2.37. The number of hydrogen-bond acceptors (Lipinski definition) is 3. The van der Waals surface area contributed by atoms with Gasteiger partial charge in [0.2, 0.25) is 5.91 Å². The molecule has 1 amide bonds. The van der Waals surface area contributed by atoms with E-state index in [4.69, 9.17) is 9.47 Å². The first-order valence-electron chi connectivity index (χ1n) is 7.12. The van der Waals surface area contributed by atoms with Gasteiger partial charge in [-0.05, 0) is 12.3 Å². The zero-order valence-corrected chi connectivity index (χ0v) is 12.2.